The third-order valence-corrected chi connectivity index (χ3v) is 6.36. The lowest BCUT2D eigenvalue weighted by Gasteiger charge is -2.27. The maximum absolute atomic E-state index is 2.46. The van der Waals surface area contributed by atoms with E-state index in [1.165, 1.54) is 51.1 Å². The second-order valence-corrected chi connectivity index (χ2v) is 8.06. The average Bonchev–Trinajstić information content (AvgIpc) is 2.74. The third kappa shape index (κ3) is 1.81. The molecule has 0 amide bonds. The Labute approximate surface area is 150 Å². The number of aryl methyl sites for hydroxylation is 4. The first kappa shape index (κ1) is 14.9. The van der Waals surface area contributed by atoms with Crippen LogP contribution in [0.5, 0.6) is 0 Å². The third-order valence-electron chi connectivity index (χ3n) is 6.36. The number of rotatable bonds is 0. The van der Waals surface area contributed by atoms with Crippen LogP contribution in [0, 0.1) is 13.8 Å². The van der Waals surface area contributed by atoms with E-state index < -0.39 is 0 Å². The van der Waals surface area contributed by atoms with Crippen molar-refractivity contribution in [2.75, 3.05) is 0 Å². The molecule has 0 fully saturated rings. The zero-order chi connectivity index (χ0) is 17.3. The van der Waals surface area contributed by atoms with Crippen molar-refractivity contribution in [1.82, 2.24) is 0 Å². The van der Waals surface area contributed by atoms with Gasteiger partial charge in [0.05, 0.1) is 5.56 Å². The largest absolute Gasteiger partial charge is 0.216 e. The van der Waals surface area contributed by atoms with Crippen LogP contribution < -0.4 is 4.57 Å². The minimum atomic E-state index is 0.104. The van der Waals surface area contributed by atoms with E-state index in [0.717, 1.165) is 6.42 Å². The zero-order valence-corrected chi connectivity index (χ0v) is 15.5. The van der Waals surface area contributed by atoms with E-state index in [1.54, 1.807) is 5.56 Å². The van der Waals surface area contributed by atoms with Crippen molar-refractivity contribution < 1.29 is 4.57 Å². The molecule has 2 aliphatic carbocycles. The molecular formula is C24H24N+. The summed E-state index contributed by atoms with van der Waals surface area (Å²) < 4.78 is 2.35. The van der Waals surface area contributed by atoms with Gasteiger partial charge in [0.2, 0.25) is 5.69 Å². The Hall–Kier alpha value is -2.41. The molecule has 25 heavy (non-hydrogen) atoms. The highest BCUT2D eigenvalue weighted by Gasteiger charge is 2.44. The summed E-state index contributed by atoms with van der Waals surface area (Å²) in [5, 5.41) is 0. The monoisotopic (exact) mass is 326 g/mol. The highest BCUT2D eigenvalue weighted by Crippen LogP contribution is 2.56. The van der Waals surface area contributed by atoms with Crippen LogP contribution in [0.4, 0.5) is 0 Å². The summed E-state index contributed by atoms with van der Waals surface area (Å²) in [6, 6.07) is 16.1. The summed E-state index contributed by atoms with van der Waals surface area (Å²) in [5.41, 5.74) is 13.1. The molecule has 0 N–H and O–H groups in total. The number of fused-ring (bicyclic) bond motifs is 5. The van der Waals surface area contributed by atoms with Crippen LogP contribution in [-0.2, 0) is 18.9 Å². The van der Waals surface area contributed by atoms with Crippen LogP contribution in [0.15, 0.2) is 48.7 Å². The van der Waals surface area contributed by atoms with Crippen LogP contribution >= 0.6 is 0 Å². The van der Waals surface area contributed by atoms with Gasteiger partial charge < -0.3 is 0 Å². The van der Waals surface area contributed by atoms with Gasteiger partial charge in [0.1, 0.15) is 7.05 Å². The SMILES string of the molecule is Cc1cc2c([n+](C)c1)-c1c(C)ccc3c1C(C)(CC2)c1ccccc1-3. The van der Waals surface area contributed by atoms with Crippen molar-refractivity contribution in [3.8, 4) is 22.4 Å². The van der Waals surface area contributed by atoms with Gasteiger partial charge in [0.25, 0.3) is 0 Å². The Morgan fingerprint density at radius 2 is 1.80 bits per heavy atom. The first-order valence-electron chi connectivity index (χ1n) is 9.24. The van der Waals surface area contributed by atoms with Crippen LogP contribution in [0.3, 0.4) is 0 Å². The molecule has 1 unspecified atom stereocenters. The van der Waals surface area contributed by atoms with Gasteiger partial charge in [-0.25, -0.2) is 4.57 Å². The minimum absolute atomic E-state index is 0.104. The second kappa shape index (κ2) is 4.82. The second-order valence-electron chi connectivity index (χ2n) is 8.06. The van der Waals surface area contributed by atoms with E-state index >= 15 is 0 Å². The average molecular weight is 326 g/mol. The van der Waals surface area contributed by atoms with Crippen LogP contribution in [0.1, 0.15) is 41.2 Å². The summed E-state index contributed by atoms with van der Waals surface area (Å²) >= 11 is 0. The van der Waals surface area contributed by atoms with E-state index in [0.29, 0.717) is 0 Å². The van der Waals surface area contributed by atoms with Gasteiger partial charge >= 0.3 is 0 Å². The minimum Gasteiger partial charge on any atom is -0.201 e. The maximum atomic E-state index is 2.46. The highest BCUT2D eigenvalue weighted by molar-refractivity contribution is 5.89. The molecule has 124 valence electrons. The van der Waals surface area contributed by atoms with Crippen molar-refractivity contribution >= 4 is 0 Å². The first-order valence-corrected chi connectivity index (χ1v) is 9.24. The van der Waals surface area contributed by atoms with Crippen molar-refractivity contribution in [1.29, 1.82) is 0 Å². The molecule has 2 aliphatic rings. The lowest BCUT2D eigenvalue weighted by molar-refractivity contribution is -0.661. The molecule has 1 heterocycles. The van der Waals surface area contributed by atoms with Gasteiger partial charge in [-0.3, -0.25) is 0 Å². The molecule has 3 aromatic rings. The van der Waals surface area contributed by atoms with Crippen molar-refractivity contribution in [2.24, 2.45) is 7.05 Å². The smallest absolute Gasteiger partial charge is 0.201 e. The molecule has 1 nitrogen and oxygen atoms in total. The summed E-state index contributed by atoms with van der Waals surface area (Å²) in [6.07, 6.45) is 4.57. The lowest BCUT2D eigenvalue weighted by Crippen LogP contribution is -2.33. The molecule has 0 aliphatic heterocycles. The van der Waals surface area contributed by atoms with Crippen LogP contribution in [-0.4, -0.2) is 0 Å². The molecule has 1 aromatic heterocycles. The predicted octanol–water partition coefficient (Wildman–Crippen LogP) is 5.03. The summed E-state index contributed by atoms with van der Waals surface area (Å²) in [7, 11) is 2.20. The van der Waals surface area contributed by atoms with E-state index in [9.17, 15) is 0 Å². The Bertz CT molecular complexity index is 1040. The standard InChI is InChI=1S/C24H24N/c1-15-13-17-11-12-24(3)20-8-6-5-7-18(20)19-10-9-16(2)21(22(19)24)23(17)25(4)14-15/h5-10,13-14H,11-12H2,1-4H3/q+1. The fourth-order valence-corrected chi connectivity index (χ4v) is 5.29. The molecule has 2 aromatic carbocycles. The fourth-order valence-electron chi connectivity index (χ4n) is 5.29. The van der Waals surface area contributed by atoms with Crippen LogP contribution in [0.25, 0.3) is 22.4 Å². The molecule has 0 bridgehead atoms. The number of pyridine rings is 1. The highest BCUT2D eigenvalue weighted by atomic mass is 14.9. The lowest BCUT2D eigenvalue weighted by atomic mass is 9.75. The Kier molecular flexibility index (Phi) is 2.87. The summed E-state index contributed by atoms with van der Waals surface area (Å²) in [5.74, 6) is 0. The summed E-state index contributed by atoms with van der Waals surface area (Å²) in [4.78, 5) is 0. The first-order chi connectivity index (χ1) is 12.0. The van der Waals surface area contributed by atoms with Gasteiger partial charge in [-0.1, -0.05) is 43.3 Å². The maximum Gasteiger partial charge on any atom is 0.216 e. The van der Waals surface area contributed by atoms with Gasteiger partial charge in [0.15, 0.2) is 6.20 Å². The van der Waals surface area contributed by atoms with Gasteiger partial charge in [0, 0.05) is 16.5 Å². The van der Waals surface area contributed by atoms with E-state index in [4.69, 9.17) is 0 Å². The molecule has 0 saturated carbocycles. The van der Waals surface area contributed by atoms with Gasteiger partial charge in [-0.2, -0.15) is 0 Å². The molecule has 0 radical (unpaired) electrons. The fraction of sp³-hybridized carbons (Fsp3) is 0.292. The normalized spacial score (nSPS) is 19.8. The number of aromatic nitrogens is 1. The van der Waals surface area contributed by atoms with Crippen LogP contribution in [0.2, 0.25) is 0 Å². The Balaban J connectivity index is 1.96. The molecule has 1 atom stereocenters. The Morgan fingerprint density at radius 1 is 1.00 bits per heavy atom. The number of hydrogen-bond donors (Lipinski definition) is 0. The molecule has 0 saturated heterocycles. The van der Waals surface area contributed by atoms with Gasteiger partial charge in [-0.15, -0.1) is 0 Å². The summed E-state index contributed by atoms with van der Waals surface area (Å²) in [6.45, 7) is 6.93. The predicted molar refractivity (Wildman–Crippen MR) is 103 cm³/mol. The number of benzene rings is 2. The van der Waals surface area contributed by atoms with Gasteiger partial charge in [-0.05, 0) is 60.6 Å². The van der Waals surface area contributed by atoms with E-state index in [2.05, 4.69) is 81.0 Å². The van der Waals surface area contributed by atoms with Crippen molar-refractivity contribution in [3.05, 3.63) is 76.5 Å². The van der Waals surface area contributed by atoms with Crippen molar-refractivity contribution in [2.45, 2.75) is 39.0 Å². The van der Waals surface area contributed by atoms with E-state index in [-0.39, 0.29) is 5.41 Å². The topological polar surface area (TPSA) is 3.88 Å². The number of hydrogen-bond acceptors (Lipinski definition) is 0. The quantitative estimate of drug-likeness (QED) is 0.510. The molecular weight excluding hydrogens is 302 g/mol. The van der Waals surface area contributed by atoms with Crippen molar-refractivity contribution in [3.63, 3.8) is 0 Å². The Morgan fingerprint density at radius 3 is 2.64 bits per heavy atom. The number of nitrogens with zero attached hydrogens (tertiary/aromatic N) is 1. The zero-order valence-electron chi connectivity index (χ0n) is 15.5. The van der Waals surface area contributed by atoms with E-state index in [1.807, 2.05) is 0 Å². The molecule has 0 spiro atoms. The molecule has 1 heteroatoms. The molecule has 5 rings (SSSR count).